The predicted octanol–water partition coefficient (Wildman–Crippen LogP) is 4.77. The van der Waals surface area contributed by atoms with Crippen LogP contribution in [-0.2, 0) is 9.31 Å². The zero-order valence-corrected chi connectivity index (χ0v) is 15.6. The van der Waals surface area contributed by atoms with Gasteiger partial charge < -0.3 is 14.3 Å². The summed E-state index contributed by atoms with van der Waals surface area (Å²) in [4.78, 5) is 3.54. The molecule has 1 saturated heterocycles. The van der Waals surface area contributed by atoms with Gasteiger partial charge in [0.2, 0.25) is 0 Å². The minimum Gasteiger partial charge on any atom is -0.399 e. The van der Waals surface area contributed by atoms with Gasteiger partial charge in [0.25, 0.3) is 0 Å². The molecule has 4 aromatic rings. The molecule has 1 aliphatic rings. The third-order valence-corrected chi connectivity index (χ3v) is 6.05. The van der Waals surface area contributed by atoms with Crippen molar-refractivity contribution in [2.24, 2.45) is 0 Å². The molecule has 5 rings (SSSR count). The van der Waals surface area contributed by atoms with Gasteiger partial charge in [0, 0.05) is 21.8 Å². The molecule has 2 heterocycles. The van der Waals surface area contributed by atoms with Crippen LogP contribution in [0.1, 0.15) is 27.7 Å². The maximum absolute atomic E-state index is 6.30. The molecule has 1 aliphatic heterocycles. The molecule has 0 radical (unpaired) electrons. The number of H-pyrrole nitrogens is 1. The number of hydrogen-bond donors (Lipinski definition) is 1. The van der Waals surface area contributed by atoms with Gasteiger partial charge in [-0.2, -0.15) is 0 Å². The van der Waals surface area contributed by atoms with Crippen LogP contribution in [0.25, 0.3) is 32.6 Å². The molecule has 0 amide bonds. The number of para-hydroxylation sites is 1. The Morgan fingerprint density at radius 3 is 2.23 bits per heavy atom. The van der Waals surface area contributed by atoms with E-state index >= 15 is 0 Å². The molecule has 26 heavy (non-hydrogen) atoms. The minimum atomic E-state index is -0.356. The van der Waals surface area contributed by atoms with Crippen molar-refractivity contribution in [3.8, 4) is 0 Å². The van der Waals surface area contributed by atoms with Crippen molar-refractivity contribution in [1.82, 2.24) is 4.98 Å². The number of aromatic nitrogens is 1. The molecule has 0 saturated carbocycles. The minimum absolute atomic E-state index is 0.342. The van der Waals surface area contributed by atoms with Crippen molar-refractivity contribution >= 4 is 45.2 Å². The fourth-order valence-electron chi connectivity index (χ4n) is 3.82. The van der Waals surface area contributed by atoms with E-state index in [0.717, 1.165) is 16.5 Å². The summed E-state index contributed by atoms with van der Waals surface area (Å²) in [6.45, 7) is 8.37. The first-order valence-corrected chi connectivity index (χ1v) is 9.14. The van der Waals surface area contributed by atoms with Gasteiger partial charge in [-0.15, -0.1) is 0 Å². The highest BCUT2D eigenvalue weighted by atomic mass is 16.7. The molecule has 0 aliphatic carbocycles. The normalized spacial score (nSPS) is 19.0. The molecule has 1 aromatic heterocycles. The first-order chi connectivity index (χ1) is 12.4. The number of hydrogen-bond acceptors (Lipinski definition) is 2. The molecule has 1 fully saturated rings. The maximum atomic E-state index is 6.30. The van der Waals surface area contributed by atoms with Crippen molar-refractivity contribution in [2.75, 3.05) is 0 Å². The number of nitrogens with one attached hydrogen (secondary N) is 1. The summed E-state index contributed by atoms with van der Waals surface area (Å²) >= 11 is 0. The second kappa shape index (κ2) is 5.12. The van der Waals surface area contributed by atoms with Crippen LogP contribution >= 0.6 is 0 Å². The second-order valence-electron chi connectivity index (χ2n) is 8.23. The Morgan fingerprint density at radius 2 is 1.46 bits per heavy atom. The zero-order valence-electron chi connectivity index (χ0n) is 15.6. The van der Waals surface area contributed by atoms with Crippen molar-refractivity contribution < 1.29 is 9.31 Å². The zero-order chi connectivity index (χ0) is 18.1. The lowest BCUT2D eigenvalue weighted by molar-refractivity contribution is 0.00578. The van der Waals surface area contributed by atoms with Gasteiger partial charge in [-0.1, -0.05) is 36.4 Å². The van der Waals surface area contributed by atoms with Crippen LogP contribution in [-0.4, -0.2) is 23.3 Å². The first kappa shape index (κ1) is 15.9. The molecule has 3 aromatic carbocycles. The van der Waals surface area contributed by atoms with Crippen LogP contribution in [0.3, 0.4) is 0 Å². The van der Waals surface area contributed by atoms with E-state index in [2.05, 4.69) is 87.3 Å². The van der Waals surface area contributed by atoms with Crippen LogP contribution in [0.4, 0.5) is 0 Å². The van der Waals surface area contributed by atoms with Crippen LogP contribution < -0.4 is 5.46 Å². The van der Waals surface area contributed by atoms with E-state index in [1.54, 1.807) is 0 Å². The monoisotopic (exact) mass is 343 g/mol. The van der Waals surface area contributed by atoms with Crippen LogP contribution in [0.5, 0.6) is 0 Å². The Labute approximate surface area is 153 Å². The summed E-state index contributed by atoms with van der Waals surface area (Å²) in [6, 6.07) is 19.3. The highest BCUT2D eigenvalue weighted by Crippen LogP contribution is 2.37. The molecule has 1 N–H and O–H groups in total. The molecular formula is C22H22BNO2. The highest BCUT2D eigenvalue weighted by Gasteiger charge is 2.52. The molecule has 4 heteroatoms. The van der Waals surface area contributed by atoms with E-state index in [1.165, 1.54) is 21.5 Å². The molecule has 0 atom stereocenters. The van der Waals surface area contributed by atoms with E-state index in [0.29, 0.717) is 0 Å². The fourth-order valence-corrected chi connectivity index (χ4v) is 3.82. The van der Waals surface area contributed by atoms with E-state index in [9.17, 15) is 0 Å². The number of aromatic amines is 1. The lowest BCUT2D eigenvalue weighted by Gasteiger charge is -2.32. The summed E-state index contributed by atoms with van der Waals surface area (Å²) in [6.07, 6.45) is 0. The Kier molecular flexibility index (Phi) is 3.14. The molecule has 130 valence electrons. The number of fused-ring (bicyclic) bond motifs is 4. The molecule has 0 spiro atoms. The number of benzene rings is 3. The molecule has 0 bridgehead atoms. The quantitative estimate of drug-likeness (QED) is 0.505. The SMILES string of the molecule is CC1(C)OB(c2cccc3cc4c(cc23)[nH]c2ccccc24)OC1(C)C. The second-order valence-corrected chi connectivity index (χ2v) is 8.23. The van der Waals surface area contributed by atoms with E-state index in [4.69, 9.17) is 9.31 Å². The molecule has 0 unspecified atom stereocenters. The van der Waals surface area contributed by atoms with Crippen LogP contribution in [0.2, 0.25) is 0 Å². The van der Waals surface area contributed by atoms with Gasteiger partial charge in [-0.3, -0.25) is 0 Å². The van der Waals surface area contributed by atoms with Crippen molar-refractivity contribution in [2.45, 2.75) is 38.9 Å². The van der Waals surface area contributed by atoms with Gasteiger partial charge in [0.05, 0.1) is 11.2 Å². The van der Waals surface area contributed by atoms with E-state index in [1.807, 2.05) is 0 Å². The molecular weight excluding hydrogens is 321 g/mol. The lowest BCUT2D eigenvalue weighted by atomic mass is 9.76. The van der Waals surface area contributed by atoms with Crippen LogP contribution in [0, 0.1) is 0 Å². The molecule has 3 nitrogen and oxygen atoms in total. The Bertz CT molecular complexity index is 1140. The number of rotatable bonds is 1. The fraction of sp³-hybridized carbons (Fsp3) is 0.273. The topological polar surface area (TPSA) is 34.2 Å². The Morgan fingerprint density at radius 1 is 0.731 bits per heavy atom. The predicted molar refractivity (Wildman–Crippen MR) is 109 cm³/mol. The van der Waals surface area contributed by atoms with Gasteiger partial charge in [-0.25, -0.2) is 0 Å². The summed E-state index contributed by atoms with van der Waals surface area (Å²) < 4.78 is 12.6. The third-order valence-electron chi connectivity index (χ3n) is 6.05. The highest BCUT2D eigenvalue weighted by molar-refractivity contribution is 6.65. The average molecular weight is 343 g/mol. The smallest absolute Gasteiger partial charge is 0.399 e. The van der Waals surface area contributed by atoms with Crippen molar-refractivity contribution in [1.29, 1.82) is 0 Å². The maximum Gasteiger partial charge on any atom is 0.495 e. The van der Waals surface area contributed by atoms with Gasteiger partial charge >= 0.3 is 7.12 Å². The van der Waals surface area contributed by atoms with Gasteiger partial charge in [0.15, 0.2) is 0 Å². The Balaban J connectivity index is 1.73. The van der Waals surface area contributed by atoms with E-state index < -0.39 is 0 Å². The largest absolute Gasteiger partial charge is 0.495 e. The lowest BCUT2D eigenvalue weighted by Crippen LogP contribution is -2.41. The first-order valence-electron chi connectivity index (χ1n) is 9.14. The van der Waals surface area contributed by atoms with E-state index in [-0.39, 0.29) is 18.3 Å². The standard InChI is InChI=1S/C22H22BNO2/c1-21(2)22(3,4)26-23(25-21)18-10-7-8-14-12-17-15-9-5-6-11-19(15)24-20(17)13-16(14)18/h5-13,24H,1-4H3. The summed E-state index contributed by atoms with van der Waals surface area (Å²) in [7, 11) is -0.356. The Hall–Kier alpha value is -2.30. The summed E-state index contributed by atoms with van der Waals surface area (Å²) in [5.74, 6) is 0. The van der Waals surface area contributed by atoms with Gasteiger partial charge in [-0.05, 0) is 62.1 Å². The van der Waals surface area contributed by atoms with Gasteiger partial charge in [0.1, 0.15) is 0 Å². The van der Waals surface area contributed by atoms with Crippen LogP contribution in [0.15, 0.2) is 54.6 Å². The average Bonchev–Trinajstić information content (AvgIpc) is 3.05. The summed E-state index contributed by atoms with van der Waals surface area (Å²) in [5.41, 5.74) is 2.70. The van der Waals surface area contributed by atoms with Crippen molar-refractivity contribution in [3.05, 3.63) is 54.6 Å². The van der Waals surface area contributed by atoms with Crippen molar-refractivity contribution in [3.63, 3.8) is 0 Å². The summed E-state index contributed by atoms with van der Waals surface area (Å²) in [5, 5.41) is 4.88. The third kappa shape index (κ3) is 2.16.